The molecule has 0 spiro atoms. The summed E-state index contributed by atoms with van der Waals surface area (Å²) in [6, 6.07) is 16.9. The van der Waals surface area contributed by atoms with Crippen LogP contribution in [0.3, 0.4) is 0 Å². The van der Waals surface area contributed by atoms with Gasteiger partial charge in [0.1, 0.15) is 0 Å². The fourth-order valence-electron chi connectivity index (χ4n) is 2.90. The molecular weight excluding hydrogens is 340 g/mol. The van der Waals surface area contributed by atoms with E-state index in [1.807, 2.05) is 42.5 Å². The summed E-state index contributed by atoms with van der Waals surface area (Å²) >= 11 is 0. The molecule has 7 heteroatoms. The molecule has 0 radical (unpaired) electrons. The van der Waals surface area contributed by atoms with Crippen LogP contribution < -0.4 is 11.1 Å². The Morgan fingerprint density at radius 3 is 2.70 bits per heavy atom. The Kier molecular flexibility index (Phi) is 4.49. The number of nitrogens with two attached hydrogens (primary N) is 1. The Morgan fingerprint density at radius 1 is 1.07 bits per heavy atom. The Hall–Kier alpha value is -3.74. The summed E-state index contributed by atoms with van der Waals surface area (Å²) in [5, 5.41) is 7.14. The van der Waals surface area contributed by atoms with Gasteiger partial charge < -0.3 is 11.1 Å². The maximum atomic E-state index is 12.3. The van der Waals surface area contributed by atoms with E-state index in [1.54, 1.807) is 29.0 Å². The predicted octanol–water partition coefficient (Wildman–Crippen LogP) is 2.35. The molecule has 4 aromatic rings. The number of anilines is 1. The number of benzene rings is 1. The summed E-state index contributed by atoms with van der Waals surface area (Å²) in [6.07, 6.45) is 4.28. The van der Waals surface area contributed by atoms with Gasteiger partial charge in [-0.05, 0) is 42.3 Å². The number of carbonyl (C=O) groups excluding carboxylic acids is 1. The maximum absolute atomic E-state index is 12.3. The van der Waals surface area contributed by atoms with Crippen LogP contribution in [0.4, 0.5) is 5.95 Å². The number of nitrogens with one attached hydrogen (secondary N) is 1. The Balaban J connectivity index is 1.46. The van der Waals surface area contributed by atoms with Crippen LogP contribution in [0, 0.1) is 0 Å². The number of fused-ring (bicyclic) bond motifs is 1. The first-order valence-corrected chi connectivity index (χ1v) is 8.59. The molecule has 0 saturated heterocycles. The van der Waals surface area contributed by atoms with Crippen molar-refractivity contribution in [1.29, 1.82) is 0 Å². The van der Waals surface area contributed by atoms with E-state index in [4.69, 9.17) is 5.73 Å². The largest absolute Gasteiger partial charge is 0.366 e. The van der Waals surface area contributed by atoms with Crippen LogP contribution in [0.15, 0.2) is 67.0 Å². The lowest BCUT2D eigenvalue weighted by Crippen LogP contribution is -2.25. The Bertz CT molecular complexity index is 1070. The third-order valence-corrected chi connectivity index (χ3v) is 4.24. The fourth-order valence-corrected chi connectivity index (χ4v) is 2.90. The zero-order chi connectivity index (χ0) is 18.6. The molecule has 1 aromatic carbocycles. The number of hydrogen-bond acceptors (Lipinski definition) is 5. The highest BCUT2D eigenvalue weighted by Gasteiger charge is 2.09. The molecule has 3 N–H and O–H groups in total. The van der Waals surface area contributed by atoms with E-state index < -0.39 is 0 Å². The minimum atomic E-state index is -0.103. The number of aromatic nitrogens is 4. The van der Waals surface area contributed by atoms with Crippen LogP contribution in [0.1, 0.15) is 15.9 Å². The van der Waals surface area contributed by atoms with Gasteiger partial charge in [0.25, 0.3) is 5.91 Å². The number of carbonyl (C=O) groups is 1. The summed E-state index contributed by atoms with van der Waals surface area (Å²) in [6.45, 7) is 0.559. The predicted molar refractivity (Wildman–Crippen MR) is 103 cm³/mol. The summed E-state index contributed by atoms with van der Waals surface area (Å²) < 4.78 is 1.69. The number of rotatable bonds is 5. The molecule has 0 fully saturated rings. The normalized spacial score (nSPS) is 10.8. The molecular formula is C20H18N6O. The van der Waals surface area contributed by atoms with Gasteiger partial charge in [-0.25, -0.2) is 4.52 Å². The van der Waals surface area contributed by atoms with Gasteiger partial charge in [0.05, 0.1) is 5.69 Å². The molecule has 3 aromatic heterocycles. The lowest BCUT2D eigenvalue weighted by molar-refractivity contribution is 0.0954. The molecule has 3 heterocycles. The molecule has 0 aliphatic heterocycles. The zero-order valence-electron chi connectivity index (χ0n) is 14.5. The van der Waals surface area contributed by atoms with Gasteiger partial charge in [-0.2, -0.15) is 4.98 Å². The van der Waals surface area contributed by atoms with E-state index >= 15 is 0 Å². The topological polar surface area (TPSA) is 98.2 Å². The van der Waals surface area contributed by atoms with Crippen LogP contribution in [-0.4, -0.2) is 32.0 Å². The maximum Gasteiger partial charge on any atom is 0.251 e. The van der Waals surface area contributed by atoms with Gasteiger partial charge in [0.15, 0.2) is 5.65 Å². The summed E-state index contributed by atoms with van der Waals surface area (Å²) in [5.74, 6) is 0.126. The van der Waals surface area contributed by atoms with Crippen LogP contribution in [0.5, 0.6) is 0 Å². The van der Waals surface area contributed by atoms with E-state index in [-0.39, 0.29) is 11.9 Å². The molecule has 134 valence electrons. The highest BCUT2D eigenvalue weighted by molar-refractivity contribution is 5.94. The molecule has 4 rings (SSSR count). The number of hydrogen-bond donors (Lipinski definition) is 2. The second-order valence-electron chi connectivity index (χ2n) is 6.10. The van der Waals surface area contributed by atoms with Crippen LogP contribution in [-0.2, 0) is 6.42 Å². The molecule has 0 atom stereocenters. The van der Waals surface area contributed by atoms with Gasteiger partial charge in [0.2, 0.25) is 5.95 Å². The monoisotopic (exact) mass is 358 g/mol. The second kappa shape index (κ2) is 7.25. The quantitative estimate of drug-likeness (QED) is 0.571. The van der Waals surface area contributed by atoms with Gasteiger partial charge >= 0.3 is 0 Å². The van der Waals surface area contributed by atoms with Crippen molar-refractivity contribution >= 4 is 17.5 Å². The van der Waals surface area contributed by atoms with Crippen LogP contribution in [0.2, 0.25) is 0 Å². The molecule has 1 amide bonds. The molecule has 7 nitrogen and oxygen atoms in total. The fraction of sp³-hybridized carbons (Fsp3) is 0.100. The average molecular weight is 358 g/mol. The lowest BCUT2D eigenvalue weighted by atomic mass is 10.1. The molecule has 0 unspecified atom stereocenters. The van der Waals surface area contributed by atoms with E-state index in [0.29, 0.717) is 17.8 Å². The third-order valence-electron chi connectivity index (χ3n) is 4.24. The standard InChI is InChI=1S/C20H18N6O/c21-20-24-18-5-1-4-17(26(18)25-20)15-6-8-16(9-7-15)19(27)23-12-10-14-3-2-11-22-13-14/h1-9,11,13H,10,12H2,(H2,21,25)(H,23,27). The van der Waals surface area contributed by atoms with E-state index in [2.05, 4.69) is 20.4 Å². The van der Waals surface area contributed by atoms with Gasteiger partial charge in [0, 0.05) is 30.1 Å². The van der Waals surface area contributed by atoms with Crippen LogP contribution in [0.25, 0.3) is 16.9 Å². The van der Waals surface area contributed by atoms with Crippen molar-refractivity contribution in [3.05, 3.63) is 78.1 Å². The van der Waals surface area contributed by atoms with E-state index in [0.717, 1.165) is 23.2 Å². The number of pyridine rings is 2. The minimum absolute atomic E-state index is 0.103. The second-order valence-corrected chi connectivity index (χ2v) is 6.10. The smallest absolute Gasteiger partial charge is 0.251 e. The van der Waals surface area contributed by atoms with Crippen LogP contribution >= 0.6 is 0 Å². The molecule has 0 aliphatic carbocycles. The first-order valence-electron chi connectivity index (χ1n) is 8.59. The summed E-state index contributed by atoms with van der Waals surface area (Å²) in [5.41, 5.74) is 9.86. The van der Waals surface area contributed by atoms with Crippen molar-refractivity contribution in [2.75, 3.05) is 12.3 Å². The van der Waals surface area contributed by atoms with Crippen molar-refractivity contribution in [2.24, 2.45) is 0 Å². The highest BCUT2D eigenvalue weighted by atomic mass is 16.1. The third kappa shape index (κ3) is 3.62. The van der Waals surface area contributed by atoms with Gasteiger partial charge in [-0.3, -0.25) is 9.78 Å². The molecule has 27 heavy (non-hydrogen) atoms. The van der Waals surface area contributed by atoms with Crippen molar-refractivity contribution in [1.82, 2.24) is 24.9 Å². The first kappa shape index (κ1) is 16.7. The molecule has 0 aliphatic rings. The minimum Gasteiger partial charge on any atom is -0.366 e. The number of nitrogen functional groups attached to an aromatic ring is 1. The number of amides is 1. The van der Waals surface area contributed by atoms with Crippen molar-refractivity contribution in [3.8, 4) is 11.3 Å². The van der Waals surface area contributed by atoms with E-state index in [9.17, 15) is 4.79 Å². The average Bonchev–Trinajstić information content (AvgIpc) is 3.09. The van der Waals surface area contributed by atoms with Gasteiger partial charge in [-0.15, -0.1) is 5.10 Å². The van der Waals surface area contributed by atoms with Crippen molar-refractivity contribution < 1.29 is 4.79 Å². The summed E-state index contributed by atoms with van der Waals surface area (Å²) in [4.78, 5) is 20.6. The Labute approximate surface area is 155 Å². The zero-order valence-corrected chi connectivity index (χ0v) is 14.5. The summed E-state index contributed by atoms with van der Waals surface area (Å²) in [7, 11) is 0. The lowest BCUT2D eigenvalue weighted by Gasteiger charge is -2.07. The van der Waals surface area contributed by atoms with Crippen molar-refractivity contribution in [3.63, 3.8) is 0 Å². The molecule has 0 bridgehead atoms. The molecule has 0 saturated carbocycles. The highest BCUT2D eigenvalue weighted by Crippen LogP contribution is 2.21. The Morgan fingerprint density at radius 2 is 1.93 bits per heavy atom. The van der Waals surface area contributed by atoms with Gasteiger partial charge in [-0.1, -0.05) is 24.3 Å². The first-order chi connectivity index (χ1) is 13.2. The number of nitrogens with zero attached hydrogens (tertiary/aromatic N) is 4. The van der Waals surface area contributed by atoms with Crippen molar-refractivity contribution in [2.45, 2.75) is 6.42 Å². The van der Waals surface area contributed by atoms with E-state index in [1.165, 1.54) is 0 Å². The SMILES string of the molecule is Nc1nc2cccc(-c3ccc(C(=O)NCCc4cccnc4)cc3)n2n1.